The largest absolute Gasteiger partial charge is 0.501 e. The molecule has 0 fully saturated rings. The number of benzene rings is 4. The van der Waals surface area contributed by atoms with Gasteiger partial charge in [-0.2, -0.15) is 0 Å². The second-order valence-corrected chi connectivity index (χ2v) is 14.5. The molecule has 0 saturated carbocycles. The fourth-order valence-corrected chi connectivity index (χ4v) is 6.40. The molecule has 0 aliphatic rings. The summed E-state index contributed by atoms with van der Waals surface area (Å²) in [6.07, 6.45) is 3.18. The summed E-state index contributed by atoms with van der Waals surface area (Å²) in [4.78, 5) is 13.8. The zero-order valence-electron chi connectivity index (χ0n) is 33.6. The van der Waals surface area contributed by atoms with E-state index in [0.29, 0.717) is 34.6 Å². The van der Waals surface area contributed by atoms with Crippen LogP contribution in [0.1, 0.15) is 86.7 Å². The van der Waals surface area contributed by atoms with E-state index in [9.17, 15) is 4.39 Å². The predicted molar refractivity (Wildman–Crippen MR) is 206 cm³/mol. The first-order valence-electron chi connectivity index (χ1n) is 18.8. The third kappa shape index (κ3) is 7.28. The molecule has 0 bridgehead atoms. The Morgan fingerprint density at radius 3 is 2.28 bits per heavy atom. The smallest absolute Gasteiger partial charge is 0.210 e. The van der Waals surface area contributed by atoms with Gasteiger partial charge in [0.05, 0.1) is 11.4 Å². The molecular weight excluding hydrogens is 840 g/mol. The average molecular weight is 884 g/mol. The third-order valence-electron chi connectivity index (χ3n) is 9.13. The predicted octanol–water partition coefficient (Wildman–Crippen LogP) is 11.1. The summed E-state index contributed by atoms with van der Waals surface area (Å²) in [5.74, 6) is 0.682. The Kier molecular flexibility index (Phi) is 9.60. The van der Waals surface area contributed by atoms with Crippen LogP contribution in [-0.4, -0.2) is 29.7 Å². The number of imidazole rings is 1. The monoisotopic (exact) mass is 884 g/mol. The first-order valence-corrected chi connectivity index (χ1v) is 17.3. The van der Waals surface area contributed by atoms with Crippen LogP contribution in [0.15, 0.2) is 95.8 Å². The van der Waals surface area contributed by atoms with Crippen LogP contribution in [0.2, 0.25) is 0 Å². The van der Waals surface area contributed by atoms with E-state index in [4.69, 9.17) is 13.5 Å². The average Bonchev–Trinajstić information content (AvgIpc) is 3.73. The number of aryl methyl sites for hydroxylation is 1. The molecule has 0 spiro atoms. The molecule has 0 aliphatic carbocycles. The molecule has 0 amide bonds. The van der Waals surface area contributed by atoms with Crippen molar-refractivity contribution in [3.8, 4) is 28.3 Å². The van der Waals surface area contributed by atoms with Crippen molar-refractivity contribution in [1.82, 2.24) is 29.7 Å². The molecule has 8 aromatic rings. The van der Waals surface area contributed by atoms with Gasteiger partial charge in [-0.1, -0.05) is 120 Å². The van der Waals surface area contributed by atoms with Crippen molar-refractivity contribution in [2.45, 2.75) is 72.6 Å². The van der Waals surface area contributed by atoms with Crippen molar-refractivity contribution in [3.05, 3.63) is 132 Å². The Hall–Kier alpha value is -5.11. The number of rotatable bonds is 5. The minimum absolute atomic E-state index is 0. The first-order chi connectivity index (χ1) is 26.1. The van der Waals surface area contributed by atoms with E-state index in [1.807, 2.05) is 36.4 Å². The number of halogens is 1. The summed E-state index contributed by atoms with van der Waals surface area (Å²) < 4.78 is 44.4. The summed E-state index contributed by atoms with van der Waals surface area (Å²) in [6.45, 7) is 12.7. The van der Waals surface area contributed by atoms with Gasteiger partial charge in [0.25, 0.3) is 0 Å². The summed E-state index contributed by atoms with van der Waals surface area (Å²) >= 11 is 0. The quantitative estimate of drug-likeness (QED) is 0.160. The maximum atomic E-state index is 14.1. The maximum Gasteiger partial charge on any atom is 0.210 e. The van der Waals surface area contributed by atoms with Gasteiger partial charge in [0.15, 0.2) is 5.65 Å². The molecule has 4 heterocycles. The second kappa shape index (κ2) is 15.1. The zero-order chi connectivity index (χ0) is 39.2. The number of nitrogens with zero attached hydrogens (tertiary/aromatic N) is 6. The van der Waals surface area contributed by atoms with Crippen molar-refractivity contribution in [2.24, 2.45) is 0 Å². The van der Waals surface area contributed by atoms with Gasteiger partial charge in [0, 0.05) is 47.3 Å². The second-order valence-electron chi connectivity index (χ2n) is 14.5. The van der Waals surface area contributed by atoms with E-state index < -0.39 is 12.7 Å². The minimum atomic E-state index is -2.33. The Bertz CT molecular complexity index is 2640. The Morgan fingerprint density at radius 1 is 0.868 bits per heavy atom. The number of pyridine rings is 1. The zero-order valence-corrected chi connectivity index (χ0v) is 33.0. The molecule has 1 radical (unpaired) electrons. The van der Waals surface area contributed by atoms with E-state index in [1.165, 1.54) is 23.5 Å². The van der Waals surface area contributed by atoms with Crippen molar-refractivity contribution < 1.29 is 33.0 Å². The molecule has 4 aromatic carbocycles. The summed E-state index contributed by atoms with van der Waals surface area (Å²) in [5.41, 5.74) is 8.65. The van der Waals surface area contributed by atoms with Gasteiger partial charge in [-0.3, -0.25) is 9.37 Å². The molecule has 7 nitrogen and oxygen atoms in total. The Balaban J connectivity index is 0.000000209. The molecule has 4 aromatic heterocycles. The van der Waals surface area contributed by atoms with Crippen LogP contribution >= 0.6 is 0 Å². The van der Waals surface area contributed by atoms with Crippen LogP contribution in [0.3, 0.4) is 0 Å². The van der Waals surface area contributed by atoms with Gasteiger partial charge in [-0.05, 0) is 45.7 Å². The van der Waals surface area contributed by atoms with Crippen LogP contribution in [-0.2, 0) is 25.5 Å². The van der Waals surface area contributed by atoms with Crippen molar-refractivity contribution in [2.75, 3.05) is 0 Å². The fraction of sp³-hybridized carbons (Fsp3) is 0.250. The van der Waals surface area contributed by atoms with E-state index >= 15 is 0 Å². The normalized spacial score (nSPS) is 12.8. The SMILES string of the molecule is CC(C)c1cccc(C(C)C)c1-n1c(-c2[c-]ccc3c2oc2ccccc23)nc2nncnc21.[2H]C([2H])([2H])c1c[c-]c(-c2ccc(C(C)(C)C)cn2)c(F)c1.[Ir]. The number of hydrogen-bond donors (Lipinski definition) is 0. The maximum absolute atomic E-state index is 14.1. The summed E-state index contributed by atoms with van der Waals surface area (Å²) in [6, 6.07) is 30.6. The number of aromatic nitrogens is 6. The van der Waals surface area contributed by atoms with Gasteiger partial charge in [0.1, 0.15) is 11.9 Å². The minimum Gasteiger partial charge on any atom is -0.501 e. The molecule has 0 saturated heterocycles. The number of para-hydroxylation sites is 2. The van der Waals surface area contributed by atoms with E-state index in [2.05, 4.69) is 110 Å². The first kappa shape index (κ1) is 33.7. The van der Waals surface area contributed by atoms with Gasteiger partial charge >= 0.3 is 0 Å². The molecule has 0 N–H and O–H groups in total. The van der Waals surface area contributed by atoms with E-state index in [0.717, 1.165) is 44.8 Å². The van der Waals surface area contributed by atoms with Crippen LogP contribution in [0.25, 0.3) is 61.6 Å². The van der Waals surface area contributed by atoms with E-state index in [-0.39, 0.29) is 36.6 Å². The van der Waals surface area contributed by atoms with Gasteiger partial charge in [-0.15, -0.1) is 52.2 Å². The Morgan fingerprint density at radius 2 is 1.62 bits per heavy atom. The van der Waals surface area contributed by atoms with Crippen molar-refractivity contribution in [3.63, 3.8) is 0 Å². The topological polar surface area (TPSA) is 82.5 Å². The fourth-order valence-electron chi connectivity index (χ4n) is 6.40. The number of fused-ring (bicyclic) bond motifs is 4. The molecule has 8 rings (SSSR count). The molecule has 0 unspecified atom stereocenters. The van der Waals surface area contributed by atoms with Gasteiger partial charge in [-0.25, -0.2) is 4.98 Å². The van der Waals surface area contributed by atoms with Crippen molar-refractivity contribution in [1.29, 1.82) is 0 Å². The molecule has 9 heteroatoms. The number of hydrogen-bond acceptors (Lipinski definition) is 6. The molecule has 271 valence electrons. The van der Waals surface area contributed by atoms with Crippen LogP contribution in [0, 0.1) is 24.8 Å². The summed E-state index contributed by atoms with van der Waals surface area (Å²) in [5, 5.41) is 10.4. The molecule has 0 atom stereocenters. The van der Waals surface area contributed by atoms with Crippen molar-refractivity contribution >= 4 is 33.2 Å². The Labute approximate surface area is 327 Å². The molecule has 53 heavy (non-hydrogen) atoms. The van der Waals surface area contributed by atoms with Gasteiger partial charge < -0.3 is 14.0 Å². The van der Waals surface area contributed by atoms with Gasteiger partial charge in [0.2, 0.25) is 5.65 Å². The van der Waals surface area contributed by atoms with Crippen LogP contribution in [0.4, 0.5) is 4.39 Å². The third-order valence-corrected chi connectivity index (χ3v) is 9.13. The molecular formula is C44H41FIrN6O-2. The van der Waals surface area contributed by atoms with Crippen LogP contribution in [0.5, 0.6) is 0 Å². The standard InChI is InChI=1S/C28H24N5O.C16H17FN.Ir/c1-16(2)18-10-7-11-19(17(3)4)24(18)33-27(31-26-28(33)29-15-30-32-26)22-13-8-12-21-20-9-5-6-14-23(20)34-25(21)22;1-11-5-7-13(14(17)9-11)15-8-6-12(10-18-15)16(2,3)4;/h5-12,14-17H,1-4H3;5-6,8-10H,1-4H3;/q2*-1;/i;1D3;. The van der Waals surface area contributed by atoms with Crippen LogP contribution < -0.4 is 0 Å². The van der Waals surface area contributed by atoms with E-state index in [1.54, 1.807) is 12.3 Å². The summed E-state index contributed by atoms with van der Waals surface area (Å²) in [7, 11) is 0. The number of furan rings is 1. The molecule has 0 aliphatic heterocycles.